The minimum absolute atomic E-state index is 0.0838. The summed E-state index contributed by atoms with van der Waals surface area (Å²) in [7, 11) is 0. The molecule has 0 aromatic heterocycles. The van der Waals surface area contributed by atoms with Crippen molar-refractivity contribution < 1.29 is 31.5 Å². The van der Waals surface area contributed by atoms with Crippen molar-refractivity contribution in [2.24, 2.45) is 0 Å². The first-order valence-electron chi connectivity index (χ1n) is 7.93. The zero-order valence-electron chi connectivity index (χ0n) is 14.2. The number of benzene rings is 2. The van der Waals surface area contributed by atoms with Gasteiger partial charge in [-0.2, -0.15) is 13.2 Å². The first-order valence-corrected chi connectivity index (χ1v) is 7.93. The summed E-state index contributed by atoms with van der Waals surface area (Å²) in [6.07, 6.45) is -4.46. The smallest absolute Gasteiger partial charge is 0.416 e. The normalized spacial score (nSPS) is 12.4. The van der Waals surface area contributed by atoms with Gasteiger partial charge in [-0.1, -0.05) is 12.1 Å². The molecule has 27 heavy (non-hydrogen) atoms. The van der Waals surface area contributed by atoms with Gasteiger partial charge < -0.3 is 15.4 Å². The summed E-state index contributed by atoms with van der Waals surface area (Å²) in [6.45, 7) is 1.40. The van der Waals surface area contributed by atoms with Crippen molar-refractivity contribution in [1.29, 1.82) is 0 Å². The largest absolute Gasteiger partial charge is 0.488 e. The van der Waals surface area contributed by atoms with Crippen molar-refractivity contribution in [1.82, 2.24) is 10.6 Å². The number of rotatable bonds is 6. The predicted molar refractivity (Wildman–Crippen MR) is 88.1 cm³/mol. The highest BCUT2D eigenvalue weighted by molar-refractivity contribution is 5.74. The summed E-state index contributed by atoms with van der Waals surface area (Å²) in [5, 5.41) is 4.93. The van der Waals surface area contributed by atoms with Gasteiger partial charge in [-0.3, -0.25) is 0 Å². The lowest BCUT2D eigenvalue weighted by Gasteiger charge is -2.16. The van der Waals surface area contributed by atoms with E-state index in [0.29, 0.717) is 6.07 Å². The summed E-state index contributed by atoms with van der Waals surface area (Å²) in [5.74, 6) is -1.76. The fourth-order valence-corrected chi connectivity index (χ4v) is 2.16. The number of alkyl halides is 3. The lowest BCUT2D eigenvalue weighted by molar-refractivity contribution is -0.137. The Hall–Kier alpha value is -2.84. The zero-order chi connectivity index (χ0) is 20.0. The molecular formula is C18H17F5N2O2. The quantitative estimate of drug-likeness (QED) is 0.727. The third-order valence-corrected chi connectivity index (χ3v) is 3.47. The molecule has 1 unspecified atom stereocenters. The number of amides is 2. The fourth-order valence-electron chi connectivity index (χ4n) is 2.16. The molecule has 0 aliphatic heterocycles. The summed E-state index contributed by atoms with van der Waals surface area (Å²) in [4.78, 5) is 11.8. The van der Waals surface area contributed by atoms with Crippen molar-refractivity contribution in [2.45, 2.75) is 25.7 Å². The molecule has 1 atom stereocenters. The Labute approximate surface area is 152 Å². The van der Waals surface area contributed by atoms with Crippen molar-refractivity contribution in [3.05, 3.63) is 65.2 Å². The van der Waals surface area contributed by atoms with E-state index in [2.05, 4.69) is 10.6 Å². The molecule has 0 bridgehead atoms. The van der Waals surface area contributed by atoms with Gasteiger partial charge in [0, 0.05) is 12.6 Å². The van der Waals surface area contributed by atoms with Crippen molar-refractivity contribution >= 4 is 6.03 Å². The molecule has 9 heteroatoms. The van der Waals surface area contributed by atoms with Crippen LogP contribution in [0.1, 0.15) is 18.1 Å². The molecule has 0 aliphatic rings. The lowest BCUT2D eigenvalue weighted by Crippen LogP contribution is -2.43. The van der Waals surface area contributed by atoms with Crippen LogP contribution < -0.4 is 15.4 Å². The topological polar surface area (TPSA) is 50.4 Å². The molecule has 0 fully saturated rings. The van der Waals surface area contributed by atoms with Crippen LogP contribution >= 0.6 is 0 Å². The van der Waals surface area contributed by atoms with Crippen LogP contribution in [0.3, 0.4) is 0 Å². The second-order valence-electron chi connectivity index (χ2n) is 5.81. The molecule has 0 spiro atoms. The fraction of sp³-hybridized carbons (Fsp3) is 0.278. The van der Waals surface area contributed by atoms with Crippen LogP contribution in [0.15, 0.2) is 42.5 Å². The van der Waals surface area contributed by atoms with Crippen LogP contribution in [0.25, 0.3) is 0 Å². The Morgan fingerprint density at radius 2 is 1.89 bits per heavy atom. The highest BCUT2D eigenvalue weighted by atomic mass is 19.4. The minimum Gasteiger partial charge on any atom is -0.488 e. The number of hydrogen-bond donors (Lipinski definition) is 2. The maximum atomic E-state index is 13.4. The van der Waals surface area contributed by atoms with Crippen LogP contribution in [0.2, 0.25) is 0 Å². The Morgan fingerprint density at radius 3 is 2.56 bits per heavy atom. The molecule has 2 N–H and O–H groups in total. The molecule has 0 aliphatic carbocycles. The monoisotopic (exact) mass is 388 g/mol. The van der Waals surface area contributed by atoms with Crippen molar-refractivity contribution in [3.8, 4) is 5.75 Å². The van der Waals surface area contributed by atoms with Crippen molar-refractivity contribution in [3.63, 3.8) is 0 Å². The van der Waals surface area contributed by atoms with E-state index in [4.69, 9.17) is 4.74 Å². The van der Waals surface area contributed by atoms with E-state index in [1.807, 2.05) is 0 Å². The average Bonchev–Trinajstić information content (AvgIpc) is 2.59. The third kappa shape index (κ3) is 6.43. The second-order valence-corrected chi connectivity index (χ2v) is 5.81. The van der Waals surface area contributed by atoms with Gasteiger partial charge >= 0.3 is 12.2 Å². The number of nitrogens with one attached hydrogen (secondary N) is 2. The maximum Gasteiger partial charge on any atom is 0.416 e. The highest BCUT2D eigenvalue weighted by Crippen LogP contribution is 2.29. The molecular weight excluding hydrogens is 371 g/mol. The summed E-state index contributed by atoms with van der Waals surface area (Å²) >= 11 is 0. The molecule has 2 rings (SSSR count). The molecule has 4 nitrogen and oxygen atoms in total. The van der Waals surface area contributed by atoms with Gasteiger partial charge in [0.1, 0.15) is 12.4 Å². The summed E-state index contributed by atoms with van der Waals surface area (Å²) in [6, 6.07) is 6.30. The van der Waals surface area contributed by atoms with Gasteiger partial charge in [-0.05, 0) is 36.8 Å². The molecule has 2 aromatic rings. The van der Waals surface area contributed by atoms with Gasteiger partial charge in [0.2, 0.25) is 0 Å². The lowest BCUT2D eigenvalue weighted by atomic mass is 10.1. The van der Waals surface area contributed by atoms with Crippen LogP contribution in [-0.4, -0.2) is 18.7 Å². The number of ether oxygens (including phenoxy) is 1. The van der Waals surface area contributed by atoms with Gasteiger partial charge in [0.15, 0.2) is 11.6 Å². The Kier molecular flexibility index (Phi) is 6.59. The molecule has 0 saturated heterocycles. The van der Waals surface area contributed by atoms with Crippen molar-refractivity contribution in [2.75, 3.05) is 6.61 Å². The number of urea groups is 1. The number of carbonyl (C=O) groups excluding carboxylic acids is 1. The van der Waals surface area contributed by atoms with E-state index < -0.39 is 35.4 Å². The average molecular weight is 388 g/mol. The minimum atomic E-state index is -4.46. The van der Waals surface area contributed by atoms with Gasteiger partial charge in [0.05, 0.1) is 11.6 Å². The Morgan fingerprint density at radius 1 is 1.15 bits per heavy atom. The van der Waals surface area contributed by atoms with Crippen LogP contribution in [0.4, 0.5) is 26.7 Å². The molecule has 0 heterocycles. The molecule has 0 radical (unpaired) electrons. The van der Waals surface area contributed by atoms with Crippen LogP contribution in [-0.2, 0) is 12.7 Å². The third-order valence-electron chi connectivity index (χ3n) is 3.47. The first kappa shape index (κ1) is 20.5. The Bertz CT molecular complexity index is 796. The van der Waals surface area contributed by atoms with Crippen LogP contribution in [0, 0.1) is 11.6 Å². The van der Waals surface area contributed by atoms with Gasteiger partial charge in [-0.15, -0.1) is 0 Å². The van der Waals surface area contributed by atoms with E-state index in [1.54, 1.807) is 6.92 Å². The Balaban J connectivity index is 1.80. The highest BCUT2D eigenvalue weighted by Gasteiger charge is 2.30. The summed E-state index contributed by atoms with van der Waals surface area (Å²) < 4.78 is 69.4. The molecule has 2 aromatic carbocycles. The van der Waals surface area contributed by atoms with Crippen LogP contribution in [0.5, 0.6) is 5.75 Å². The van der Waals surface area contributed by atoms with E-state index in [0.717, 1.165) is 24.3 Å². The first-order chi connectivity index (χ1) is 12.6. The maximum absolute atomic E-state index is 13.4. The van der Waals surface area contributed by atoms with Gasteiger partial charge in [0.25, 0.3) is 0 Å². The second kappa shape index (κ2) is 8.70. The van der Waals surface area contributed by atoms with E-state index in [-0.39, 0.29) is 24.5 Å². The number of halogens is 5. The van der Waals surface area contributed by atoms with Gasteiger partial charge in [-0.25, -0.2) is 13.6 Å². The molecule has 146 valence electrons. The molecule has 0 saturated carbocycles. The SMILES string of the molecule is CC(COc1ccc(F)cc1F)NC(=O)NCc1cccc(C(F)(F)F)c1. The zero-order valence-corrected chi connectivity index (χ0v) is 14.2. The number of hydrogen-bond acceptors (Lipinski definition) is 2. The molecule has 2 amide bonds. The standard InChI is InChI=1S/C18H17F5N2O2/c1-11(10-27-16-6-5-14(19)8-15(16)20)25-17(26)24-9-12-3-2-4-13(7-12)18(21,22)23/h2-8,11H,9-10H2,1H3,(H2,24,25,26). The predicted octanol–water partition coefficient (Wildman–Crippen LogP) is 4.25. The van der Waals surface area contributed by atoms with E-state index in [9.17, 15) is 26.7 Å². The van der Waals surface area contributed by atoms with E-state index >= 15 is 0 Å². The van der Waals surface area contributed by atoms with E-state index in [1.165, 1.54) is 12.1 Å². The summed E-state index contributed by atoms with van der Waals surface area (Å²) in [5.41, 5.74) is -0.512. The number of carbonyl (C=O) groups is 1.